The Morgan fingerprint density at radius 3 is 2.62 bits per heavy atom. The van der Waals surface area contributed by atoms with Gasteiger partial charge in [-0.05, 0) is 18.9 Å². The molecule has 7 heteroatoms. The second kappa shape index (κ2) is 6.29. The molecule has 0 atom stereocenters. The Morgan fingerprint density at radius 1 is 1.29 bits per heavy atom. The van der Waals surface area contributed by atoms with Gasteiger partial charge in [0.25, 0.3) is 0 Å². The van der Waals surface area contributed by atoms with Crippen LogP contribution in [0, 0.1) is 13.8 Å². The van der Waals surface area contributed by atoms with Gasteiger partial charge in [0.05, 0.1) is 17.2 Å². The fourth-order valence-corrected chi connectivity index (χ4v) is 3.99. The quantitative estimate of drug-likeness (QED) is 0.462. The van der Waals surface area contributed by atoms with Gasteiger partial charge in [0, 0.05) is 31.2 Å². The minimum absolute atomic E-state index is 0.290. The molecule has 0 saturated heterocycles. The average molecular weight is 329 g/mol. The highest BCUT2D eigenvalue weighted by molar-refractivity contribution is 7.85. The van der Waals surface area contributed by atoms with Crippen molar-refractivity contribution in [2.75, 3.05) is 12.9 Å². The summed E-state index contributed by atoms with van der Waals surface area (Å²) in [5.74, 6) is 0.579. The Morgan fingerprint density at radius 2 is 2.00 bits per heavy atom. The smallest absolute Gasteiger partial charge is 0.235 e. The van der Waals surface area contributed by atoms with Gasteiger partial charge in [-0.1, -0.05) is 11.3 Å². The first kappa shape index (κ1) is 16.2. The normalized spacial score (nSPS) is 12.0. The number of benzene rings is 1. The largest absolute Gasteiger partial charge is 0.748 e. The number of unbranched alkanes of at least 4 members (excludes halogenated alkanes) is 1. The Hall–Kier alpha value is -1.18. The summed E-state index contributed by atoms with van der Waals surface area (Å²) >= 11 is 1.68. The van der Waals surface area contributed by atoms with Crippen molar-refractivity contribution in [3.8, 4) is 5.75 Å². The molecule has 1 heterocycles. The summed E-state index contributed by atoms with van der Waals surface area (Å²) < 4.78 is 40.5. The molecule has 0 spiro atoms. The summed E-state index contributed by atoms with van der Waals surface area (Å²) in [4.78, 5) is 0. The van der Waals surface area contributed by atoms with Crippen LogP contribution < -0.4 is 9.30 Å². The molecule has 1 aromatic carbocycles. The van der Waals surface area contributed by atoms with E-state index in [1.54, 1.807) is 18.4 Å². The zero-order valence-electron chi connectivity index (χ0n) is 12.4. The molecule has 0 unspecified atom stereocenters. The Labute approximate surface area is 128 Å². The summed E-state index contributed by atoms with van der Waals surface area (Å²) in [7, 11) is -2.45. The van der Waals surface area contributed by atoms with Gasteiger partial charge in [-0.15, -0.1) is 0 Å². The zero-order valence-corrected chi connectivity index (χ0v) is 14.0. The second-order valence-electron chi connectivity index (χ2n) is 5.03. The van der Waals surface area contributed by atoms with Crippen LogP contribution in [0.25, 0.3) is 10.2 Å². The number of thiazole rings is 1. The first-order valence-electron chi connectivity index (χ1n) is 6.73. The first-order chi connectivity index (χ1) is 9.81. The number of fused-ring (bicyclic) bond motifs is 1. The molecule has 0 bridgehead atoms. The lowest BCUT2D eigenvalue weighted by molar-refractivity contribution is -0.673. The highest BCUT2D eigenvalue weighted by Gasteiger charge is 2.18. The Balaban J connectivity index is 2.20. The highest BCUT2D eigenvalue weighted by Crippen LogP contribution is 2.28. The lowest BCUT2D eigenvalue weighted by atomic mass is 10.2. The van der Waals surface area contributed by atoms with Crippen LogP contribution in [-0.2, 0) is 16.7 Å². The van der Waals surface area contributed by atoms with Gasteiger partial charge in [-0.25, -0.2) is 8.42 Å². The number of nitrogens with zero attached hydrogens (tertiary/aromatic N) is 1. The number of aryl methyl sites for hydroxylation is 3. The van der Waals surface area contributed by atoms with Crippen LogP contribution in [0.15, 0.2) is 12.1 Å². The van der Waals surface area contributed by atoms with Crippen LogP contribution in [-0.4, -0.2) is 25.8 Å². The predicted octanol–water partition coefficient (Wildman–Crippen LogP) is 2.14. The van der Waals surface area contributed by atoms with E-state index >= 15 is 0 Å². The van der Waals surface area contributed by atoms with E-state index in [4.69, 9.17) is 4.74 Å². The van der Waals surface area contributed by atoms with Gasteiger partial charge < -0.3 is 9.29 Å². The molecule has 5 nitrogen and oxygen atoms in total. The highest BCUT2D eigenvalue weighted by atomic mass is 32.2. The summed E-state index contributed by atoms with van der Waals surface area (Å²) in [5.41, 5.74) is 2.19. The van der Waals surface area contributed by atoms with E-state index in [2.05, 4.69) is 10.6 Å². The maximum Gasteiger partial charge on any atom is 0.235 e. The molecule has 1 aromatic heterocycles. The van der Waals surface area contributed by atoms with E-state index in [9.17, 15) is 13.0 Å². The van der Waals surface area contributed by atoms with E-state index in [1.165, 1.54) is 0 Å². The van der Waals surface area contributed by atoms with Gasteiger partial charge in [0.15, 0.2) is 0 Å². The van der Waals surface area contributed by atoms with Gasteiger partial charge in [0.2, 0.25) is 10.5 Å². The average Bonchev–Trinajstić information content (AvgIpc) is 2.68. The zero-order chi connectivity index (χ0) is 15.6. The van der Waals surface area contributed by atoms with E-state index in [1.807, 2.05) is 19.9 Å². The van der Waals surface area contributed by atoms with Crippen LogP contribution in [0.2, 0.25) is 0 Å². The molecule has 0 radical (unpaired) electrons. The van der Waals surface area contributed by atoms with Crippen molar-refractivity contribution >= 4 is 31.7 Å². The van der Waals surface area contributed by atoms with Crippen molar-refractivity contribution in [1.82, 2.24) is 0 Å². The van der Waals surface area contributed by atoms with Crippen molar-refractivity contribution in [1.29, 1.82) is 0 Å². The molecule has 2 rings (SSSR count). The molecule has 0 aliphatic rings. The number of methoxy groups -OCH3 is 1. The van der Waals surface area contributed by atoms with Gasteiger partial charge >= 0.3 is 0 Å². The first-order valence-corrected chi connectivity index (χ1v) is 9.12. The van der Waals surface area contributed by atoms with Crippen molar-refractivity contribution in [3.05, 3.63) is 22.7 Å². The number of ether oxygens (including phenoxy) is 1. The van der Waals surface area contributed by atoms with E-state index in [0.717, 1.165) is 26.5 Å². The van der Waals surface area contributed by atoms with Crippen molar-refractivity contribution < 1.29 is 22.3 Å². The number of rotatable bonds is 6. The van der Waals surface area contributed by atoms with Crippen LogP contribution in [0.5, 0.6) is 5.75 Å². The number of hydrogen-bond acceptors (Lipinski definition) is 5. The minimum atomic E-state index is -4.11. The Bertz CT molecular complexity index is 750. The molecule has 116 valence electrons. The lowest BCUT2D eigenvalue weighted by Gasteiger charge is -2.05. The summed E-state index contributed by atoms with van der Waals surface area (Å²) in [6.07, 6.45) is 1.06. The molecular weight excluding hydrogens is 310 g/mol. The van der Waals surface area contributed by atoms with E-state index in [0.29, 0.717) is 19.4 Å². The molecule has 0 aliphatic heterocycles. The summed E-state index contributed by atoms with van der Waals surface area (Å²) in [6, 6.07) is 4.11. The third-order valence-electron chi connectivity index (χ3n) is 3.43. The molecule has 0 fully saturated rings. The molecule has 21 heavy (non-hydrogen) atoms. The van der Waals surface area contributed by atoms with E-state index < -0.39 is 10.1 Å². The van der Waals surface area contributed by atoms with Crippen molar-refractivity contribution in [3.63, 3.8) is 0 Å². The number of aromatic nitrogens is 1. The van der Waals surface area contributed by atoms with Crippen LogP contribution in [0.4, 0.5) is 0 Å². The van der Waals surface area contributed by atoms with E-state index in [-0.39, 0.29) is 5.75 Å². The van der Waals surface area contributed by atoms with Crippen molar-refractivity contribution in [2.24, 2.45) is 0 Å². The number of hydrogen-bond donors (Lipinski definition) is 0. The SMILES string of the molecule is COc1cc2sc(C)[n+](CCCCS(=O)(=O)[O-])c2cc1C. The molecule has 0 N–H and O–H groups in total. The molecule has 0 amide bonds. The predicted molar refractivity (Wildman–Crippen MR) is 81.8 cm³/mol. The van der Waals surface area contributed by atoms with Gasteiger partial charge in [0.1, 0.15) is 17.0 Å². The molecular formula is C14H19NO4S2. The van der Waals surface area contributed by atoms with Gasteiger partial charge in [-0.2, -0.15) is 4.57 Å². The fraction of sp³-hybridized carbons (Fsp3) is 0.500. The maximum absolute atomic E-state index is 10.6. The maximum atomic E-state index is 10.6. The minimum Gasteiger partial charge on any atom is -0.748 e. The van der Waals surface area contributed by atoms with Gasteiger partial charge in [-0.3, -0.25) is 0 Å². The lowest BCUT2D eigenvalue weighted by Crippen LogP contribution is -2.35. The fourth-order valence-electron chi connectivity index (χ4n) is 2.38. The molecule has 2 aromatic rings. The third kappa shape index (κ3) is 3.93. The van der Waals surface area contributed by atoms with Crippen molar-refractivity contribution in [2.45, 2.75) is 33.2 Å². The topological polar surface area (TPSA) is 70.3 Å². The van der Waals surface area contributed by atoms with Crippen LogP contribution in [0.3, 0.4) is 0 Å². The summed E-state index contributed by atoms with van der Waals surface area (Å²) in [5, 5.41) is 1.16. The third-order valence-corrected chi connectivity index (χ3v) is 5.28. The van der Waals surface area contributed by atoms with Crippen LogP contribution >= 0.6 is 11.3 Å². The monoisotopic (exact) mass is 329 g/mol. The summed E-state index contributed by atoms with van der Waals surface area (Å²) in [6.45, 7) is 4.75. The Kier molecular flexibility index (Phi) is 4.85. The second-order valence-corrected chi connectivity index (χ2v) is 7.79. The standard InChI is InChI=1S/C14H19NO4S2/c1-10-8-12-14(9-13(10)19-3)20-11(2)15(12)6-4-5-7-21(16,17)18/h8-9H,4-7H2,1-3H3. The van der Waals surface area contributed by atoms with Crippen LogP contribution in [0.1, 0.15) is 23.4 Å². The molecule has 0 aliphatic carbocycles. The molecule has 0 saturated carbocycles.